The molecule has 140 valence electrons. The van der Waals surface area contributed by atoms with Gasteiger partial charge in [-0.25, -0.2) is 14.5 Å². The highest BCUT2D eigenvalue weighted by molar-refractivity contribution is 7.09. The van der Waals surface area contributed by atoms with Crippen LogP contribution in [0.2, 0.25) is 0 Å². The van der Waals surface area contributed by atoms with Crippen LogP contribution < -0.4 is 5.32 Å². The van der Waals surface area contributed by atoms with Crippen LogP contribution in [0.5, 0.6) is 0 Å². The second kappa shape index (κ2) is 7.92. The second-order valence-electron chi connectivity index (χ2n) is 6.43. The Kier molecular flexibility index (Phi) is 5.62. The number of thiazole rings is 1. The molecule has 2 aromatic rings. The summed E-state index contributed by atoms with van der Waals surface area (Å²) in [7, 11) is 1.62. The molecule has 0 unspecified atom stereocenters. The van der Waals surface area contributed by atoms with Crippen LogP contribution in [0.3, 0.4) is 0 Å². The number of imide groups is 1. The van der Waals surface area contributed by atoms with Gasteiger partial charge in [0.1, 0.15) is 6.04 Å². The van der Waals surface area contributed by atoms with Gasteiger partial charge in [-0.1, -0.05) is 19.1 Å². The molecule has 3 rings (SSSR count). The van der Waals surface area contributed by atoms with Crippen LogP contribution in [0.1, 0.15) is 36.2 Å². The summed E-state index contributed by atoms with van der Waals surface area (Å²) in [6.07, 6.45) is 2.07. The SMILES string of the molecule is COCCn1cc(C[C@H]2NC(=O)N(Cc3csc(C(C)C)n3)C2=O)nn1. The molecule has 1 fully saturated rings. The van der Waals surface area contributed by atoms with Crippen LogP contribution in [0.4, 0.5) is 4.79 Å². The first-order valence-electron chi connectivity index (χ1n) is 8.42. The molecule has 0 aromatic carbocycles. The lowest BCUT2D eigenvalue weighted by Gasteiger charge is -2.11. The third-order valence-corrected chi connectivity index (χ3v) is 5.21. The van der Waals surface area contributed by atoms with Gasteiger partial charge in [-0.3, -0.25) is 9.69 Å². The largest absolute Gasteiger partial charge is 0.383 e. The van der Waals surface area contributed by atoms with Gasteiger partial charge in [0.15, 0.2) is 0 Å². The number of hydrogen-bond acceptors (Lipinski definition) is 7. The van der Waals surface area contributed by atoms with Crippen molar-refractivity contribution in [1.82, 2.24) is 30.2 Å². The van der Waals surface area contributed by atoms with E-state index < -0.39 is 12.1 Å². The lowest BCUT2D eigenvalue weighted by atomic mass is 10.1. The zero-order chi connectivity index (χ0) is 18.7. The molecule has 0 spiro atoms. The Morgan fingerprint density at radius 2 is 2.15 bits per heavy atom. The van der Waals surface area contributed by atoms with Crippen LogP contribution in [0.15, 0.2) is 11.6 Å². The molecule has 3 heterocycles. The predicted octanol–water partition coefficient (Wildman–Crippen LogP) is 1.17. The molecule has 9 nitrogen and oxygen atoms in total. The first kappa shape index (κ1) is 18.5. The quantitative estimate of drug-likeness (QED) is 0.692. The Morgan fingerprint density at radius 1 is 1.35 bits per heavy atom. The molecule has 26 heavy (non-hydrogen) atoms. The highest BCUT2D eigenvalue weighted by Crippen LogP contribution is 2.21. The number of ether oxygens (including phenoxy) is 1. The first-order chi connectivity index (χ1) is 12.5. The van der Waals surface area contributed by atoms with Crippen molar-refractivity contribution in [2.45, 2.75) is 45.3 Å². The van der Waals surface area contributed by atoms with E-state index >= 15 is 0 Å². The molecular formula is C16H22N6O3S. The lowest BCUT2D eigenvalue weighted by molar-refractivity contribution is -0.127. The molecule has 1 atom stereocenters. The summed E-state index contributed by atoms with van der Waals surface area (Å²) in [5.41, 5.74) is 1.38. The number of carbonyl (C=O) groups excluding carboxylic acids is 2. The smallest absolute Gasteiger partial charge is 0.325 e. The Bertz CT molecular complexity index is 787. The highest BCUT2D eigenvalue weighted by Gasteiger charge is 2.38. The molecule has 1 aliphatic heterocycles. The van der Waals surface area contributed by atoms with Crippen LogP contribution in [0.25, 0.3) is 0 Å². The summed E-state index contributed by atoms with van der Waals surface area (Å²) in [5, 5.41) is 13.6. The van der Waals surface area contributed by atoms with Gasteiger partial charge < -0.3 is 10.1 Å². The average molecular weight is 378 g/mol. The predicted molar refractivity (Wildman–Crippen MR) is 94.7 cm³/mol. The number of amides is 3. The highest BCUT2D eigenvalue weighted by atomic mass is 32.1. The molecule has 0 aliphatic carbocycles. The van der Waals surface area contributed by atoms with E-state index in [1.807, 2.05) is 5.38 Å². The maximum absolute atomic E-state index is 12.6. The number of urea groups is 1. The Morgan fingerprint density at radius 3 is 2.85 bits per heavy atom. The van der Waals surface area contributed by atoms with Gasteiger partial charge in [-0.15, -0.1) is 16.4 Å². The lowest BCUT2D eigenvalue weighted by Crippen LogP contribution is -2.32. The number of carbonyl (C=O) groups is 2. The van der Waals surface area contributed by atoms with E-state index in [0.29, 0.717) is 31.2 Å². The van der Waals surface area contributed by atoms with Crippen molar-refractivity contribution in [1.29, 1.82) is 0 Å². The number of hydrogen-bond donors (Lipinski definition) is 1. The van der Waals surface area contributed by atoms with Crippen molar-refractivity contribution in [3.05, 3.63) is 28.0 Å². The van der Waals surface area contributed by atoms with E-state index in [9.17, 15) is 9.59 Å². The van der Waals surface area contributed by atoms with Crippen molar-refractivity contribution >= 4 is 23.3 Å². The normalized spacial score (nSPS) is 17.4. The molecule has 3 amide bonds. The topological polar surface area (TPSA) is 102 Å². The standard InChI is InChI=1S/C16H22N6O3S/c1-10(2)14-17-12(9-26-14)8-22-15(23)13(18-16(22)24)6-11-7-21(20-19-11)4-5-25-3/h7,9-10,13H,4-6,8H2,1-3H3,(H,18,24)/t13-/m1/s1. The molecule has 0 bridgehead atoms. The molecule has 1 aliphatic rings. The van der Waals surface area contributed by atoms with Gasteiger partial charge in [0, 0.05) is 31.0 Å². The minimum absolute atomic E-state index is 0.185. The van der Waals surface area contributed by atoms with Crippen molar-refractivity contribution in [2.75, 3.05) is 13.7 Å². The van der Waals surface area contributed by atoms with Gasteiger partial charge in [0.25, 0.3) is 5.91 Å². The van der Waals surface area contributed by atoms with Gasteiger partial charge >= 0.3 is 6.03 Å². The molecule has 1 saturated heterocycles. The van der Waals surface area contributed by atoms with Crippen molar-refractivity contribution in [3.8, 4) is 0 Å². The molecule has 2 aromatic heterocycles. The fourth-order valence-corrected chi connectivity index (χ4v) is 3.45. The maximum Gasteiger partial charge on any atom is 0.325 e. The third-order valence-electron chi connectivity index (χ3n) is 4.01. The molecule has 1 N–H and O–H groups in total. The maximum atomic E-state index is 12.6. The zero-order valence-electron chi connectivity index (χ0n) is 15.0. The van der Waals surface area contributed by atoms with Crippen molar-refractivity contribution < 1.29 is 14.3 Å². The Hall–Kier alpha value is -2.33. The Balaban J connectivity index is 1.61. The second-order valence-corrected chi connectivity index (χ2v) is 7.32. The number of methoxy groups -OCH3 is 1. The number of aromatic nitrogens is 4. The summed E-state index contributed by atoms with van der Waals surface area (Å²) in [4.78, 5) is 30.5. The number of nitrogens with zero attached hydrogens (tertiary/aromatic N) is 5. The minimum Gasteiger partial charge on any atom is -0.383 e. The van der Waals surface area contributed by atoms with Crippen molar-refractivity contribution in [2.24, 2.45) is 0 Å². The minimum atomic E-state index is -0.627. The van der Waals surface area contributed by atoms with Crippen LogP contribution >= 0.6 is 11.3 Å². The van der Waals surface area contributed by atoms with E-state index in [1.54, 1.807) is 29.3 Å². The summed E-state index contributed by atoms with van der Waals surface area (Å²) >= 11 is 1.54. The summed E-state index contributed by atoms with van der Waals surface area (Å²) in [6.45, 7) is 5.42. The van der Waals surface area contributed by atoms with E-state index in [2.05, 4.69) is 34.5 Å². The molecular weight excluding hydrogens is 356 g/mol. The number of rotatable bonds is 8. The Labute approximate surface area is 155 Å². The first-order valence-corrected chi connectivity index (χ1v) is 9.30. The summed E-state index contributed by atoms with van der Waals surface area (Å²) in [6, 6.07) is -1.02. The van der Waals surface area contributed by atoms with Gasteiger partial charge in [-0.2, -0.15) is 0 Å². The third kappa shape index (κ3) is 4.07. The van der Waals surface area contributed by atoms with Crippen LogP contribution in [-0.4, -0.2) is 56.6 Å². The fourth-order valence-electron chi connectivity index (χ4n) is 2.62. The van der Waals surface area contributed by atoms with Crippen molar-refractivity contribution in [3.63, 3.8) is 0 Å². The van der Waals surface area contributed by atoms with Crippen LogP contribution in [-0.2, 0) is 29.0 Å². The number of nitrogens with one attached hydrogen (secondary N) is 1. The van der Waals surface area contributed by atoms with E-state index in [1.165, 1.54) is 4.90 Å². The summed E-state index contributed by atoms with van der Waals surface area (Å²) in [5.74, 6) is 0.0610. The monoisotopic (exact) mass is 378 g/mol. The van der Waals surface area contributed by atoms with Gasteiger partial charge in [0.2, 0.25) is 0 Å². The summed E-state index contributed by atoms with van der Waals surface area (Å²) < 4.78 is 6.65. The van der Waals surface area contributed by atoms with Gasteiger partial charge in [0.05, 0.1) is 36.1 Å². The zero-order valence-corrected chi connectivity index (χ0v) is 15.8. The fraction of sp³-hybridized carbons (Fsp3) is 0.562. The van der Waals surface area contributed by atoms with E-state index in [0.717, 1.165) is 10.7 Å². The molecule has 0 radical (unpaired) electrons. The van der Waals surface area contributed by atoms with E-state index in [4.69, 9.17) is 4.74 Å². The van der Waals surface area contributed by atoms with Gasteiger partial charge in [-0.05, 0) is 0 Å². The average Bonchev–Trinajstić information content (AvgIpc) is 3.30. The van der Waals surface area contributed by atoms with E-state index in [-0.39, 0.29) is 12.5 Å². The van der Waals surface area contributed by atoms with Crippen LogP contribution in [0, 0.1) is 0 Å². The molecule has 10 heteroatoms. The molecule has 0 saturated carbocycles.